The molecule has 1 amide bonds. The highest BCUT2D eigenvalue weighted by Crippen LogP contribution is 2.17. The second-order valence-electron chi connectivity index (χ2n) is 5.65. The number of para-hydroxylation sites is 2. The zero-order valence-corrected chi connectivity index (χ0v) is 17.3. The van der Waals surface area contributed by atoms with Crippen LogP contribution in [0.2, 0.25) is 0 Å². The molecule has 0 atom stereocenters. The van der Waals surface area contributed by atoms with Crippen LogP contribution in [0.1, 0.15) is 15.9 Å². The van der Waals surface area contributed by atoms with Crippen molar-refractivity contribution >= 4 is 51.5 Å². The fourth-order valence-corrected chi connectivity index (χ4v) is 3.16. The Morgan fingerprint density at radius 3 is 2.37 bits per heavy atom. The van der Waals surface area contributed by atoms with E-state index in [1.54, 1.807) is 6.07 Å². The molecule has 0 unspecified atom stereocenters. The van der Waals surface area contributed by atoms with E-state index < -0.39 is 0 Å². The molecule has 0 spiro atoms. The van der Waals surface area contributed by atoms with Gasteiger partial charge in [-0.2, -0.15) is 0 Å². The average molecular weight is 488 g/mol. The zero-order valence-electron chi connectivity index (χ0n) is 14.3. The van der Waals surface area contributed by atoms with Crippen LogP contribution in [-0.2, 0) is 6.61 Å². The van der Waals surface area contributed by atoms with E-state index in [2.05, 4.69) is 33.2 Å². The molecule has 0 fully saturated rings. The summed E-state index contributed by atoms with van der Waals surface area (Å²) in [5.74, 6) is 0.481. The van der Waals surface area contributed by atoms with Gasteiger partial charge in [-0.05, 0) is 65.1 Å². The van der Waals surface area contributed by atoms with Crippen LogP contribution >= 0.6 is 34.8 Å². The number of thiocarbonyl (C=S) groups is 1. The monoisotopic (exact) mass is 488 g/mol. The van der Waals surface area contributed by atoms with Crippen molar-refractivity contribution in [2.45, 2.75) is 6.61 Å². The largest absolute Gasteiger partial charge is 0.489 e. The average Bonchev–Trinajstić information content (AvgIpc) is 2.69. The van der Waals surface area contributed by atoms with Crippen LogP contribution in [0.4, 0.5) is 5.69 Å². The van der Waals surface area contributed by atoms with Crippen LogP contribution < -0.4 is 15.4 Å². The minimum Gasteiger partial charge on any atom is -0.489 e. The van der Waals surface area contributed by atoms with E-state index >= 15 is 0 Å². The van der Waals surface area contributed by atoms with Gasteiger partial charge >= 0.3 is 0 Å². The number of halogens is 1. The quantitative estimate of drug-likeness (QED) is 0.392. The van der Waals surface area contributed by atoms with Crippen LogP contribution in [0.5, 0.6) is 5.75 Å². The minimum absolute atomic E-state index is 0.253. The number of carbonyl (C=O) groups is 1. The van der Waals surface area contributed by atoms with Crippen LogP contribution in [0, 0.1) is 3.57 Å². The third kappa shape index (κ3) is 5.51. The summed E-state index contributed by atoms with van der Waals surface area (Å²) in [5, 5.41) is 6.03. The number of hydrogen-bond acceptors (Lipinski definition) is 3. The number of rotatable bonds is 5. The van der Waals surface area contributed by atoms with Gasteiger partial charge in [0.05, 0.1) is 5.69 Å². The first-order chi connectivity index (χ1) is 13.1. The third-order valence-electron chi connectivity index (χ3n) is 3.75. The molecule has 6 heteroatoms. The zero-order chi connectivity index (χ0) is 19.1. The molecule has 27 heavy (non-hydrogen) atoms. The van der Waals surface area contributed by atoms with Gasteiger partial charge in [-0.15, -0.1) is 0 Å². The topological polar surface area (TPSA) is 50.4 Å². The van der Waals surface area contributed by atoms with Crippen LogP contribution in [-0.4, -0.2) is 11.0 Å². The summed E-state index contributed by atoms with van der Waals surface area (Å²) in [7, 11) is 0. The molecule has 2 N–H and O–H groups in total. The number of anilines is 1. The van der Waals surface area contributed by atoms with E-state index in [-0.39, 0.29) is 11.0 Å². The van der Waals surface area contributed by atoms with Gasteiger partial charge in [0, 0.05) is 14.7 Å². The van der Waals surface area contributed by atoms with Crippen molar-refractivity contribution < 1.29 is 9.53 Å². The molecule has 0 aromatic heterocycles. The summed E-state index contributed by atoms with van der Waals surface area (Å²) in [5.41, 5.74) is 2.17. The fourth-order valence-electron chi connectivity index (χ4n) is 2.43. The molecule has 0 saturated carbocycles. The van der Waals surface area contributed by atoms with E-state index in [1.165, 1.54) is 0 Å². The SMILES string of the molecule is O=C(NC(=S)Nc1ccccc1I)c1ccccc1COc1ccccc1. The van der Waals surface area contributed by atoms with Gasteiger partial charge < -0.3 is 10.1 Å². The normalized spacial score (nSPS) is 10.1. The highest BCUT2D eigenvalue weighted by atomic mass is 127. The molecule has 3 aromatic carbocycles. The van der Waals surface area contributed by atoms with Gasteiger partial charge in [-0.3, -0.25) is 10.1 Å². The molecule has 3 aromatic rings. The Balaban J connectivity index is 1.66. The lowest BCUT2D eigenvalue weighted by molar-refractivity contribution is 0.0975. The fraction of sp³-hybridized carbons (Fsp3) is 0.0476. The Labute approximate surface area is 177 Å². The van der Waals surface area contributed by atoms with E-state index in [0.29, 0.717) is 12.2 Å². The second kappa shape index (κ2) is 9.48. The molecule has 0 saturated heterocycles. The predicted octanol–water partition coefficient (Wildman–Crippen LogP) is 5.00. The summed E-state index contributed by atoms with van der Waals surface area (Å²) >= 11 is 7.49. The summed E-state index contributed by atoms with van der Waals surface area (Å²) in [4.78, 5) is 12.7. The molecule has 136 valence electrons. The molecule has 4 nitrogen and oxygen atoms in total. The van der Waals surface area contributed by atoms with E-state index in [1.807, 2.05) is 72.8 Å². The van der Waals surface area contributed by atoms with Crippen LogP contribution in [0.25, 0.3) is 0 Å². The van der Waals surface area contributed by atoms with Crippen molar-refractivity contribution in [1.82, 2.24) is 5.32 Å². The van der Waals surface area contributed by atoms with Crippen molar-refractivity contribution in [2.24, 2.45) is 0 Å². The standard InChI is InChI=1S/C21H17IN2O2S/c22-18-12-6-7-13-19(18)23-21(27)24-20(25)17-11-5-4-8-15(17)14-26-16-9-2-1-3-10-16/h1-13H,14H2,(H2,23,24,25,27). The van der Waals surface area contributed by atoms with Gasteiger partial charge in [0.2, 0.25) is 0 Å². The van der Waals surface area contributed by atoms with Crippen molar-refractivity contribution in [3.8, 4) is 5.75 Å². The maximum Gasteiger partial charge on any atom is 0.257 e. The molecule has 0 bridgehead atoms. The molecule has 0 aliphatic heterocycles. The Morgan fingerprint density at radius 2 is 1.59 bits per heavy atom. The Kier molecular flexibility index (Phi) is 6.78. The molecule has 0 aliphatic carbocycles. The lowest BCUT2D eigenvalue weighted by Gasteiger charge is -2.13. The van der Waals surface area contributed by atoms with Gasteiger partial charge in [-0.1, -0.05) is 48.5 Å². The second-order valence-corrected chi connectivity index (χ2v) is 7.22. The van der Waals surface area contributed by atoms with Crippen molar-refractivity contribution in [3.63, 3.8) is 0 Å². The maximum atomic E-state index is 12.7. The highest BCUT2D eigenvalue weighted by molar-refractivity contribution is 14.1. The van der Waals surface area contributed by atoms with E-state index in [9.17, 15) is 4.79 Å². The summed E-state index contributed by atoms with van der Waals surface area (Å²) in [6.45, 7) is 0.296. The lowest BCUT2D eigenvalue weighted by Crippen LogP contribution is -2.34. The van der Waals surface area contributed by atoms with Crippen molar-refractivity contribution in [3.05, 3.63) is 93.6 Å². The number of amides is 1. The van der Waals surface area contributed by atoms with Gasteiger partial charge in [0.1, 0.15) is 12.4 Å². The number of nitrogens with one attached hydrogen (secondary N) is 2. The number of ether oxygens (including phenoxy) is 1. The molecular formula is C21H17IN2O2S. The van der Waals surface area contributed by atoms with E-state index in [0.717, 1.165) is 20.6 Å². The number of hydrogen-bond donors (Lipinski definition) is 2. The van der Waals surface area contributed by atoms with Crippen LogP contribution in [0.3, 0.4) is 0 Å². The van der Waals surface area contributed by atoms with Crippen LogP contribution in [0.15, 0.2) is 78.9 Å². The first-order valence-corrected chi connectivity index (χ1v) is 9.75. The first-order valence-electron chi connectivity index (χ1n) is 8.26. The predicted molar refractivity (Wildman–Crippen MR) is 120 cm³/mol. The summed E-state index contributed by atoms with van der Waals surface area (Å²) in [6, 6.07) is 24.5. The summed E-state index contributed by atoms with van der Waals surface area (Å²) in [6.07, 6.45) is 0. The molecule has 0 aliphatic rings. The molecule has 0 radical (unpaired) electrons. The number of benzene rings is 3. The van der Waals surface area contributed by atoms with Gasteiger partial charge in [0.15, 0.2) is 5.11 Å². The molecule has 3 rings (SSSR count). The van der Waals surface area contributed by atoms with Gasteiger partial charge in [0.25, 0.3) is 5.91 Å². The maximum absolute atomic E-state index is 12.7. The Bertz CT molecular complexity index is 948. The first kappa shape index (κ1) is 19.3. The van der Waals surface area contributed by atoms with E-state index in [4.69, 9.17) is 17.0 Å². The number of carbonyl (C=O) groups excluding carboxylic acids is 1. The lowest BCUT2D eigenvalue weighted by atomic mass is 10.1. The smallest absolute Gasteiger partial charge is 0.257 e. The van der Waals surface area contributed by atoms with Crippen molar-refractivity contribution in [2.75, 3.05) is 5.32 Å². The van der Waals surface area contributed by atoms with Gasteiger partial charge in [-0.25, -0.2) is 0 Å². The Hall–Kier alpha value is -2.45. The molecular weight excluding hydrogens is 471 g/mol. The summed E-state index contributed by atoms with van der Waals surface area (Å²) < 4.78 is 6.79. The third-order valence-corrected chi connectivity index (χ3v) is 4.89. The Morgan fingerprint density at radius 1 is 0.926 bits per heavy atom. The minimum atomic E-state index is -0.272. The van der Waals surface area contributed by atoms with Crippen molar-refractivity contribution in [1.29, 1.82) is 0 Å². The highest BCUT2D eigenvalue weighted by Gasteiger charge is 2.13. The molecule has 0 heterocycles.